The first-order valence-electron chi connectivity index (χ1n) is 10.7. The van der Waals surface area contributed by atoms with Gasteiger partial charge in [0, 0.05) is 43.4 Å². The van der Waals surface area contributed by atoms with Crippen molar-refractivity contribution in [3.8, 4) is 0 Å². The van der Waals surface area contributed by atoms with Crippen LogP contribution < -0.4 is 5.32 Å². The molecule has 4 heterocycles. The van der Waals surface area contributed by atoms with Gasteiger partial charge in [-0.2, -0.15) is 0 Å². The average molecular weight is 431 g/mol. The highest BCUT2D eigenvalue weighted by atomic mass is 32.1. The molecule has 160 valence electrons. The van der Waals surface area contributed by atoms with Crippen molar-refractivity contribution < 1.29 is 19.2 Å². The fourth-order valence-electron chi connectivity index (χ4n) is 4.74. The molecule has 0 spiro atoms. The Bertz CT molecular complexity index is 930. The molecular formula is C21H26N4O4S. The first-order chi connectivity index (χ1) is 14.4. The van der Waals surface area contributed by atoms with Gasteiger partial charge in [-0.25, -0.2) is 0 Å². The van der Waals surface area contributed by atoms with Crippen molar-refractivity contribution in [3.63, 3.8) is 0 Å². The minimum Gasteiger partial charge on any atom is -0.342 e. The lowest BCUT2D eigenvalue weighted by atomic mass is 9.93. The van der Waals surface area contributed by atoms with E-state index in [1.807, 2.05) is 9.80 Å². The number of hydrogen-bond donors (Lipinski definition) is 1. The van der Waals surface area contributed by atoms with Gasteiger partial charge in [-0.3, -0.25) is 19.2 Å². The van der Waals surface area contributed by atoms with E-state index in [9.17, 15) is 19.2 Å². The van der Waals surface area contributed by atoms with Gasteiger partial charge in [-0.1, -0.05) is 0 Å². The first kappa shape index (κ1) is 19.5. The number of nitrogens with zero attached hydrogens (tertiary/aromatic N) is 3. The Kier molecular flexibility index (Phi) is 4.80. The fourth-order valence-corrected chi connectivity index (χ4v) is 6.02. The van der Waals surface area contributed by atoms with Crippen LogP contribution >= 0.6 is 11.3 Å². The molecule has 1 aliphatic carbocycles. The molecular weight excluding hydrogens is 404 g/mol. The number of carbonyl (C=O) groups excluding carboxylic acids is 4. The van der Waals surface area contributed by atoms with Crippen LogP contribution in [0.3, 0.4) is 0 Å². The summed E-state index contributed by atoms with van der Waals surface area (Å²) in [7, 11) is 1.64. The summed E-state index contributed by atoms with van der Waals surface area (Å²) in [6.45, 7) is 2.47. The van der Waals surface area contributed by atoms with Gasteiger partial charge in [0.05, 0.1) is 18.7 Å². The third-order valence-electron chi connectivity index (χ3n) is 6.65. The molecule has 30 heavy (non-hydrogen) atoms. The number of amides is 4. The highest BCUT2D eigenvalue weighted by Gasteiger charge is 2.38. The highest BCUT2D eigenvalue weighted by Crippen LogP contribution is 2.39. The summed E-state index contributed by atoms with van der Waals surface area (Å²) in [6.07, 6.45) is 4.10. The quantitative estimate of drug-likeness (QED) is 0.766. The number of fused-ring (bicyclic) bond motifs is 3. The lowest BCUT2D eigenvalue weighted by molar-refractivity contribution is -0.141. The van der Waals surface area contributed by atoms with E-state index in [-0.39, 0.29) is 42.0 Å². The number of thiophene rings is 1. The molecule has 0 bridgehead atoms. The summed E-state index contributed by atoms with van der Waals surface area (Å²) in [5.74, 6) is 0.279. The third-order valence-corrected chi connectivity index (χ3v) is 7.78. The van der Waals surface area contributed by atoms with Gasteiger partial charge in [-0.05, 0) is 37.7 Å². The van der Waals surface area contributed by atoms with E-state index in [1.165, 1.54) is 16.2 Å². The molecule has 1 aromatic heterocycles. The molecule has 0 unspecified atom stereocenters. The lowest BCUT2D eigenvalue weighted by Gasteiger charge is -2.35. The monoisotopic (exact) mass is 430 g/mol. The molecule has 1 N–H and O–H groups in total. The molecule has 9 heteroatoms. The number of hydrogen-bond acceptors (Lipinski definition) is 5. The molecule has 8 nitrogen and oxygen atoms in total. The fraction of sp³-hybridized carbons (Fsp3) is 0.619. The molecule has 3 aliphatic heterocycles. The minimum atomic E-state index is -0.191. The van der Waals surface area contributed by atoms with Crippen LogP contribution in [-0.4, -0.2) is 71.6 Å². The van der Waals surface area contributed by atoms with Crippen LogP contribution in [0.1, 0.15) is 46.5 Å². The predicted molar refractivity (Wildman–Crippen MR) is 111 cm³/mol. The Balaban J connectivity index is 1.27. The Hall–Kier alpha value is -2.42. The Morgan fingerprint density at radius 2 is 1.60 bits per heavy atom. The second kappa shape index (κ2) is 7.37. The second-order valence-electron chi connectivity index (χ2n) is 8.80. The van der Waals surface area contributed by atoms with E-state index in [1.54, 1.807) is 7.05 Å². The minimum absolute atomic E-state index is 0.0416. The number of carbonyl (C=O) groups is 4. The van der Waals surface area contributed by atoms with Crippen LogP contribution in [0.25, 0.3) is 0 Å². The molecule has 0 aromatic carbocycles. The maximum atomic E-state index is 13.1. The van der Waals surface area contributed by atoms with E-state index in [0.717, 1.165) is 36.1 Å². The molecule has 1 saturated carbocycles. The van der Waals surface area contributed by atoms with Crippen molar-refractivity contribution in [3.05, 3.63) is 16.0 Å². The van der Waals surface area contributed by atoms with Gasteiger partial charge < -0.3 is 20.0 Å². The van der Waals surface area contributed by atoms with Crippen molar-refractivity contribution in [1.82, 2.24) is 14.7 Å². The molecule has 4 amide bonds. The summed E-state index contributed by atoms with van der Waals surface area (Å²) < 4.78 is 0. The van der Waals surface area contributed by atoms with Gasteiger partial charge in [0.25, 0.3) is 5.91 Å². The smallest absolute Gasteiger partial charge is 0.257 e. The topological polar surface area (TPSA) is 90.0 Å². The number of piperidine rings is 1. The molecule has 1 aromatic rings. The first-order valence-corrected chi connectivity index (χ1v) is 11.5. The Morgan fingerprint density at radius 3 is 2.30 bits per heavy atom. The zero-order valence-electron chi connectivity index (χ0n) is 17.1. The van der Waals surface area contributed by atoms with Gasteiger partial charge in [0.2, 0.25) is 17.7 Å². The van der Waals surface area contributed by atoms with E-state index >= 15 is 0 Å². The van der Waals surface area contributed by atoms with Crippen molar-refractivity contribution in [1.29, 1.82) is 0 Å². The van der Waals surface area contributed by atoms with Crippen LogP contribution in [0.4, 0.5) is 5.00 Å². The molecule has 1 saturated heterocycles. The Morgan fingerprint density at radius 1 is 0.933 bits per heavy atom. The SMILES string of the molecule is CN1CC(=O)Nc2sc3c(c2C1=O)CCN(C(=O)C1CCN(C(=O)C2CC2)CC1)C3. The summed E-state index contributed by atoms with van der Waals surface area (Å²) in [4.78, 5) is 56.4. The predicted octanol–water partition coefficient (Wildman–Crippen LogP) is 1.31. The highest BCUT2D eigenvalue weighted by molar-refractivity contribution is 7.17. The lowest BCUT2D eigenvalue weighted by Crippen LogP contribution is -2.46. The van der Waals surface area contributed by atoms with Crippen molar-refractivity contribution in [2.24, 2.45) is 11.8 Å². The van der Waals surface area contributed by atoms with E-state index in [2.05, 4.69) is 5.32 Å². The average Bonchev–Trinajstić information content (AvgIpc) is 3.54. The summed E-state index contributed by atoms with van der Waals surface area (Å²) in [6, 6.07) is 0. The van der Waals surface area contributed by atoms with Crippen LogP contribution in [0.5, 0.6) is 0 Å². The standard InChI is InChI=1S/C21H26N4O4S/c1-23-11-16(26)22-18-17(21(23)29)14-6-9-25(10-15(14)30-18)20(28)13-4-7-24(8-5-13)19(27)12-2-3-12/h12-13H,2-11H2,1H3,(H,22,26). The summed E-state index contributed by atoms with van der Waals surface area (Å²) in [5, 5.41) is 3.47. The van der Waals surface area contributed by atoms with E-state index in [0.29, 0.717) is 43.2 Å². The van der Waals surface area contributed by atoms with Crippen LogP contribution in [0.2, 0.25) is 0 Å². The molecule has 0 atom stereocenters. The maximum absolute atomic E-state index is 13.1. The number of likely N-dealkylation sites (tertiary alicyclic amines) is 1. The number of nitrogens with one attached hydrogen (secondary N) is 1. The third kappa shape index (κ3) is 3.38. The Labute approximate surface area is 179 Å². The van der Waals surface area contributed by atoms with Crippen molar-refractivity contribution in [2.75, 3.05) is 38.5 Å². The number of anilines is 1. The normalized spacial score (nSPS) is 22.4. The summed E-state index contributed by atoms with van der Waals surface area (Å²) in [5.41, 5.74) is 1.57. The van der Waals surface area contributed by atoms with E-state index < -0.39 is 0 Å². The van der Waals surface area contributed by atoms with Crippen LogP contribution in [0, 0.1) is 11.8 Å². The summed E-state index contributed by atoms with van der Waals surface area (Å²) >= 11 is 1.42. The molecule has 4 aliphatic rings. The zero-order valence-corrected chi connectivity index (χ0v) is 17.9. The van der Waals surface area contributed by atoms with Crippen LogP contribution in [0.15, 0.2) is 0 Å². The second-order valence-corrected chi connectivity index (χ2v) is 9.91. The van der Waals surface area contributed by atoms with Gasteiger partial charge >= 0.3 is 0 Å². The van der Waals surface area contributed by atoms with Crippen molar-refractivity contribution >= 4 is 40.0 Å². The van der Waals surface area contributed by atoms with Crippen molar-refractivity contribution in [2.45, 2.75) is 38.6 Å². The molecule has 2 fully saturated rings. The number of likely N-dealkylation sites (N-methyl/N-ethyl adjacent to an activating group) is 1. The van der Waals surface area contributed by atoms with Crippen LogP contribution in [-0.2, 0) is 27.3 Å². The van der Waals surface area contributed by atoms with Gasteiger partial charge in [-0.15, -0.1) is 11.3 Å². The largest absolute Gasteiger partial charge is 0.342 e. The zero-order chi connectivity index (χ0) is 21.0. The van der Waals surface area contributed by atoms with E-state index in [4.69, 9.17) is 0 Å². The maximum Gasteiger partial charge on any atom is 0.257 e. The van der Waals surface area contributed by atoms with Gasteiger partial charge in [0.1, 0.15) is 5.00 Å². The molecule has 0 radical (unpaired) electrons. The van der Waals surface area contributed by atoms with Gasteiger partial charge in [0.15, 0.2) is 0 Å². The molecule has 5 rings (SSSR count). The number of rotatable bonds is 2.